The third-order valence-corrected chi connectivity index (χ3v) is 7.32. The van der Waals surface area contributed by atoms with Crippen molar-refractivity contribution in [2.24, 2.45) is 5.92 Å². The number of amides is 3. The van der Waals surface area contributed by atoms with E-state index >= 15 is 0 Å². The first kappa shape index (κ1) is 34.1. The molecule has 0 aliphatic carbocycles. The molecule has 2 aromatic carbocycles. The van der Waals surface area contributed by atoms with Crippen molar-refractivity contribution in [1.29, 1.82) is 0 Å². The topological polar surface area (TPSA) is 103 Å². The molecule has 43 heavy (non-hydrogen) atoms. The van der Waals surface area contributed by atoms with Crippen LogP contribution < -0.4 is 15.4 Å². The van der Waals surface area contributed by atoms with Gasteiger partial charge in [-0.3, -0.25) is 4.79 Å². The second-order valence-electron chi connectivity index (χ2n) is 11.4. The van der Waals surface area contributed by atoms with E-state index < -0.39 is 23.8 Å². The number of nitrogens with one attached hydrogen (secondary N) is 2. The average Bonchev–Trinajstić information content (AvgIpc) is 2.94. The fraction of sp³-hybridized carbons (Fsp3) is 0.548. The Morgan fingerprint density at radius 3 is 2.37 bits per heavy atom. The van der Waals surface area contributed by atoms with Gasteiger partial charge in [0.1, 0.15) is 5.75 Å². The van der Waals surface area contributed by atoms with E-state index in [0.717, 1.165) is 43.5 Å². The van der Waals surface area contributed by atoms with Crippen LogP contribution in [0.15, 0.2) is 42.5 Å². The molecule has 0 saturated heterocycles. The van der Waals surface area contributed by atoms with E-state index in [2.05, 4.69) is 10.6 Å². The van der Waals surface area contributed by atoms with E-state index in [1.54, 1.807) is 24.0 Å². The number of aliphatic hydroxyl groups is 1. The summed E-state index contributed by atoms with van der Waals surface area (Å²) in [6.45, 7) is 7.05. The lowest BCUT2D eigenvalue weighted by atomic mass is 10.0. The molecule has 12 heteroatoms. The van der Waals surface area contributed by atoms with E-state index in [4.69, 9.17) is 9.47 Å². The summed E-state index contributed by atoms with van der Waals surface area (Å²) in [6.07, 6.45) is -2.32. The highest BCUT2D eigenvalue weighted by molar-refractivity contribution is 6.02. The molecule has 0 spiro atoms. The molecule has 238 valence electrons. The number of rotatable bonds is 6. The summed E-state index contributed by atoms with van der Waals surface area (Å²) >= 11 is 0. The maximum Gasteiger partial charge on any atom is 0.416 e. The molecule has 3 N–H and O–H groups in total. The van der Waals surface area contributed by atoms with Gasteiger partial charge >= 0.3 is 12.2 Å². The molecule has 2 aromatic rings. The molecular formula is C31H43F3N4O5. The Hall–Kier alpha value is -3.35. The third-order valence-electron chi connectivity index (χ3n) is 7.32. The minimum atomic E-state index is -4.48. The van der Waals surface area contributed by atoms with Crippen molar-refractivity contribution < 1.29 is 37.3 Å². The number of benzene rings is 2. The molecule has 0 radical (unpaired) electrons. The lowest BCUT2D eigenvalue weighted by Crippen LogP contribution is -2.47. The highest BCUT2D eigenvalue weighted by atomic mass is 19.4. The average molecular weight is 609 g/mol. The van der Waals surface area contributed by atoms with Crippen LogP contribution in [0.3, 0.4) is 0 Å². The van der Waals surface area contributed by atoms with Gasteiger partial charge in [0.05, 0.1) is 36.0 Å². The Labute approximate surface area is 251 Å². The lowest BCUT2D eigenvalue weighted by Gasteiger charge is -2.35. The molecule has 0 unspecified atom stereocenters. The predicted molar refractivity (Wildman–Crippen MR) is 160 cm³/mol. The summed E-state index contributed by atoms with van der Waals surface area (Å²) in [5, 5.41) is 15.2. The number of halogens is 3. The number of aliphatic hydroxyl groups excluding tert-OH is 1. The highest BCUT2D eigenvalue weighted by Crippen LogP contribution is 2.31. The van der Waals surface area contributed by atoms with Gasteiger partial charge in [-0.2, -0.15) is 13.2 Å². The molecule has 1 aliphatic rings. The second-order valence-corrected chi connectivity index (χ2v) is 11.4. The standard InChI is InChI=1S/C31H43F3N4O5/c1-20-17-38(21(2)19-39)29(40)26-16-25(36-30(41)35-24-11-9-23(10-12-24)31(32,33)34)13-14-27(26)43-22(3)8-6-7-15-42-28(20)18-37(4)5/h9-14,16,20-22,28,39H,6-8,15,17-19H2,1-5H3,(H2,35,36,41)/t20-,21+,22-,28+/m0/s1. The van der Waals surface area contributed by atoms with Crippen LogP contribution in [-0.4, -0.2) is 85.5 Å². The fourth-order valence-corrected chi connectivity index (χ4v) is 4.86. The number of anilines is 2. The molecule has 4 atom stereocenters. The van der Waals surface area contributed by atoms with E-state index in [0.29, 0.717) is 25.4 Å². The van der Waals surface area contributed by atoms with Crippen LogP contribution in [-0.2, 0) is 10.9 Å². The van der Waals surface area contributed by atoms with E-state index in [-0.39, 0.29) is 47.6 Å². The van der Waals surface area contributed by atoms with Crippen molar-refractivity contribution in [3.63, 3.8) is 0 Å². The summed E-state index contributed by atoms with van der Waals surface area (Å²) in [7, 11) is 3.94. The lowest BCUT2D eigenvalue weighted by molar-refractivity contribution is -0.137. The number of likely N-dealkylation sites (N-methyl/N-ethyl adjacent to an activating group) is 1. The molecule has 3 amide bonds. The first-order valence-electron chi connectivity index (χ1n) is 14.5. The van der Waals surface area contributed by atoms with E-state index in [1.165, 1.54) is 6.07 Å². The molecule has 0 bridgehead atoms. The summed E-state index contributed by atoms with van der Waals surface area (Å²) in [4.78, 5) is 30.4. The van der Waals surface area contributed by atoms with Crippen molar-refractivity contribution in [2.45, 2.75) is 64.5 Å². The molecule has 0 aromatic heterocycles. The number of hydrogen-bond donors (Lipinski definition) is 3. The van der Waals surface area contributed by atoms with Gasteiger partial charge in [-0.15, -0.1) is 0 Å². The second kappa shape index (κ2) is 15.4. The predicted octanol–water partition coefficient (Wildman–Crippen LogP) is 5.71. The van der Waals surface area contributed by atoms with Crippen LogP contribution >= 0.6 is 0 Å². The van der Waals surface area contributed by atoms with Crippen LogP contribution in [0, 0.1) is 5.92 Å². The molecule has 0 saturated carbocycles. The number of hydrogen-bond acceptors (Lipinski definition) is 6. The van der Waals surface area contributed by atoms with Gasteiger partial charge in [-0.1, -0.05) is 6.92 Å². The van der Waals surface area contributed by atoms with Crippen molar-refractivity contribution in [3.05, 3.63) is 53.6 Å². The zero-order chi connectivity index (χ0) is 31.7. The number of carbonyl (C=O) groups excluding carboxylic acids is 2. The summed E-state index contributed by atoms with van der Waals surface area (Å²) in [5.41, 5.74) is -0.155. The normalized spacial score (nSPS) is 21.4. The van der Waals surface area contributed by atoms with Crippen molar-refractivity contribution in [2.75, 3.05) is 51.0 Å². The van der Waals surface area contributed by atoms with Gasteiger partial charge in [0.2, 0.25) is 0 Å². The van der Waals surface area contributed by atoms with Gasteiger partial charge in [0.25, 0.3) is 5.91 Å². The Kier molecular flexibility index (Phi) is 12.2. The molecule has 9 nitrogen and oxygen atoms in total. The Morgan fingerprint density at radius 1 is 1.09 bits per heavy atom. The van der Waals surface area contributed by atoms with Crippen LogP contribution in [0.5, 0.6) is 5.75 Å². The van der Waals surface area contributed by atoms with Crippen LogP contribution in [0.1, 0.15) is 56.0 Å². The van der Waals surface area contributed by atoms with Gasteiger partial charge in [0.15, 0.2) is 0 Å². The van der Waals surface area contributed by atoms with Gasteiger partial charge in [0, 0.05) is 37.0 Å². The summed E-state index contributed by atoms with van der Waals surface area (Å²) in [6, 6.07) is 7.60. The van der Waals surface area contributed by atoms with E-state index in [9.17, 15) is 27.9 Å². The van der Waals surface area contributed by atoms with Crippen LogP contribution in [0.25, 0.3) is 0 Å². The molecular weight excluding hydrogens is 565 g/mol. The maximum atomic E-state index is 14.1. The monoisotopic (exact) mass is 608 g/mol. The quantitative estimate of drug-likeness (QED) is 0.389. The van der Waals surface area contributed by atoms with Crippen LogP contribution in [0.2, 0.25) is 0 Å². The highest BCUT2D eigenvalue weighted by Gasteiger charge is 2.31. The number of ether oxygens (including phenoxy) is 2. The molecule has 0 fully saturated rings. The Balaban J connectivity index is 1.90. The molecule has 1 aliphatic heterocycles. The summed E-state index contributed by atoms with van der Waals surface area (Å²) < 4.78 is 51.1. The number of fused-ring (bicyclic) bond motifs is 1. The minimum absolute atomic E-state index is 0.0533. The number of carbonyl (C=O) groups is 2. The number of alkyl halides is 3. The SMILES string of the molecule is C[C@H](CO)N1C[C@H](C)[C@@H](CN(C)C)OCCCC[C@H](C)Oc2ccc(NC(=O)Nc3ccc(C(F)(F)F)cc3)cc2C1=O. The van der Waals surface area contributed by atoms with Crippen molar-refractivity contribution in [3.8, 4) is 5.75 Å². The zero-order valence-corrected chi connectivity index (χ0v) is 25.4. The van der Waals surface area contributed by atoms with E-state index in [1.807, 2.05) is 32.8 Å². The summed E-state index contributed by atoms with van der Waals surface area (Å²) in [5.74, 6) is -0.0717. The van der Waals surface area contributed by atoms with Gasteiger partial charge in [-0.25, -0.2) is 4.79 Å². The molecule has 3 rings (SSSR count). The van der Waals surface area contributed by atoms with Gasteiger partial charge < -0.3 is 35.0 Å². The fourth-order valence-electron chi connectivity index (χ4n) is 4.86. The Morgan fingerprint density at radius 2 is 1.74 bits per heavy atom. The minimum Gasteiger partial charge on any atom is -0.490 e. The number of urea groups is 1. The smallest absolute Gasteiger partial charge is 0.416 e. The van der Waals surface area contributed by atoms with Crippen molar-refractivity contribution >= 4 is 23.3 Å². The van der Waals surface area contributed by atoms with Crippen molar-refractivity contribution in [1.82, 2.24) is 9.80 Å². The first-order chi connectivity index (χ1) is 20.3. The molecule has 1 heterocycles. The van der Waals surface area contributed by atoms with Crippen LogP contribution in [0.4, 0.5) is 29.3 Å². The third kappa shape index (κ3) is 10.1. The maximum absolute atomic E-state index is 14.1. The Bertz CT molecular complexity index is 1210. The number of nitrogens with zero attached hydrogens (tertiary/aromatic N) is 2. The largest absolute Gasteiger partial charge is 0.490 e. The zero-order valence-electron chi connectivity index (χ0n) is 25.4. The van der Waals surface area contributed by atoms with Gasteiger partial charge in [-0.05, 0) is 89.7 Å². The first-order valence-corrected chi connectivity index (χ1v) is 14.5.